The van der Waals surface area contributed by atoms with Crippen LogP contribution in [0.25, 0.3) is 0 Å². The van der Waals surface area contributed by atoms with Crippen LogP contribution in [0.1, 0.15) is 40.4 Å². The smallest absolute Gasteiger partial charge is 0.339 e. The van der Waals surface area contributed by atoms with Crippen molar-refractivity contribution in [3.8, 4) is 0 Å². The van der Waals surface area contributed by atoms with Crippen LogP contribution in [-0.4, -0.2) is 11.1 Å². The summed E-state index contributed by atoms with van der Waals surface area (Å²) in [6, 6.07) is 9.26. The summed E-state index contributed by atoms with van der Waals surface area (Å²) in [5.41, 5.74) is 1.32. The number of halogens is 1. The van der Waals surface area contributed by atoms with Gasteiger partial charge in [0.25, 0.3) is 0 Å². The van der Waals surface area contributed by atoms with E-state index in [0.717, 1.165) is 5.56 Å². The number of aryl methyl sites for hydroxylation is 1. The van der Waals surface area contributed by atoms with Gasteiger partial charge in [0.2, 0.25) is 0 Å². The Morgan fingerprint density at radius 3 is 2.60 bits per heavy atom. The predicted molar refractivity (Wildman–Crippen MR) is 77.1 cm³/mol. The number of rotatable bonds is 5. The Labute approximate surface area is 122 Å². The Balaban J connectivity index is 1.99. The number of carboxylic acid groups (broad SMARTS) is 1. The van der Waals surface area contributed by atoms with E-state index in [1.54, 1.807) is 13.0 Å². The molecule has 0 aliphatic heterocycles. The van der Waals surface area contributed by atoms with E-state index in [-0.39, 0.29) is 11.6 Å². The van der Waals surface area contributed by atoms with Crippen LogP contribution in [0.5, 0.6) is 0 Å². The molecule has 1 aromatic heterocycles. The summed E-state index contributed by atoms with van der Waals surface area (Å²) in [6.45, 7) is 4.14. The average molecular weight is 294 g/mol. The number of furan rings is 1. The largest absolute Gasteiger partial charge is 0.478 e. The fourth-order valence-electron chi connectivity index (χ4n) is 1.97. The van der Waals surface area contributed by atoms with Crippen LogP contribution in [-0.2, 0) is 6.54 Å². The normalized spacial score (nSPS) is 12.3. The first-order chi connectivity index (χ1) is 9.47. The zero-order valence-corrected chi connectivity index (χ0v) is 12.1. The van der Waals surface area contributed by atoms with Crippen LogP contribution in [0, 0.1) is 6.92 Å². The van der Waals surface area contributed by atoms with Gasteiger partial charge < -0.3 is 14.8 Å². The van der Waals surface area contributed by atoms with E-state index in [4.69, 9.17) is 21.1 Å². The van der Waals surface area contributed by atoms with E-state index in [0.29, 0.717) is 23.1 Å². The van der Waals surface area contributed by atoms with Gasteiger partial charge in [-0.05, 0) is 37.6 Å². The standard InChI is InChI=1S/C15H16ClNO3/c1-9(11-3-5-12(16)6-4-11)17-8-13-7-14(15(18)19)10(2)20-13/h3-7,9,17H,8H2,1-2H3,(H,18,19)/t9-/m0/s1. The van der Waals surface area contributed by atoms with Crippen molar-refractivity contribution in [3.63, 3.8) is 0 Å². The molecular weight excluding hydrogens is 278 g/mol. The summed E-state index contributed by atoms with van der Waals surface area (Å²) in [7, 11) is 0. The van der Waals surface area contributed by atoms with Crippen LogP contribution in [0.3, 0.4) is 0 Å². The first-order valence-electron chi connectivity index (χ1n) is 6.29. The zero-order valence-electron chi connectivity index (χ0n) is 11.3. The molecule has 2 rings (SSSR count). The van der Waals surface area contributed by atoms with E-state index >= 15 is 0 Å². The van der Waals surface area contributed by atoms with Gasteiger partial charge in [0.15, 0.2) is 0 Å². The molecule has 0 unspecified atom stereocenters. The summed E-state index contributed by atoms with van der Waals surface area (Å²) < 4.78 is 5.42. The number of carbonyl (C=O) groups is 1. The summed E-state index contributed by atoms with van der Waals surface area (Å²) in [5, 5.41) is 13.0. The molecule has 1 aromatic carbocycles. The summed E-state index contributed by atoms with van der Waals surface area (Å²) >= 11 is 5.85. The zero-order chi connectivity index (χ0) is 14.7. The van der Waals surface area contributed by atoms with Crippen molar-refractivity contribution >= 4 is 17.6 Å². The number of hydrogen-bond acceptors (Lipinski definition) is 3. The van der Waals surface area contributed by atoms with Gasteiger partial charge in [-0.15, -0.1) is 0 Å². The molecule has 0 bridgehead atoms. The molecule has 2 N–H and O–H groups in total. The Bertz CT molecular complexity index is 604. The number of nitrogens with one attached hydrogen (secondary N) is 1. The fraction of sp³-hybridized carbons (Fsp3) is 0.267. The van der Waals surface area contributed by atoms with Gasteiger partial charge in [0.05, 0.1) is 6.54 Å². The Hall–Kier alpha value is -1.78. The van der Waals surface area contributed by atoms with Crippen molar-refractivity contribution in [2.75, 3.05) is 0 Å². The highest BCUT2D eigenvalue weighted by Gasteiger charge is 2.14. The molecule has 5 heteroatoms. The molecule has 0 saturated heterocycles. The maximum absolute atomic E-state index is 10.9. The maximum Gasteiger partial charge on any atom is 0.339 e. The third-order valence-corrected chi connectivity index (χ3v) is 3.40. The monoisotopic (exact) mass is 293 g/mol. The third kappa shape index (κ3) is 3.40. The minimum Gasteiger partial charge on any atom is -0.478 e. The topological polar surface area (TPSA) is 62.5 Å². The quantitative estimate of drug-likeness (QED) is 0.880. The second kappa shape index (κ2) is 6.11. The summed E-state index contributed by atoms with van der Waals surface area (Å²) in [6.07, 6.45) is 0. The summed E-state index contributed by atoms with van der Waals surface area (Å²) in [4.78, 5) is 10.9. The number of aromatic carboxylic acids is 1. The first kappa shape index (κ1) is 14.6. The van der Waals surface area contributed by atoms with Crippen molar-refractivity contribution in [1.29, 1.82) is 0 Å². The minimum atomic E-state index is -0.969. The van der Waals surface area contributed by atoms with Gasteiger partial charge in [0, 0.05) is 11.1 Å². The molecule has 106 valence electrons. The minimum absolute atomic E-state index is 0.117. The molecule has 20 heavy (non-hydrogen) atoms. The van der Waals surface area contributed by atoms with Crippen LogP contribution in [0.4, 0.5) is 0 Å². The van der Waals surface area contributed by atoms with Gasteiger partial charge >= 0.3 is 5.97 Å². The van der Waals surface area contributed by atoms with Crippen molar-refractivity contribution in [2.45, 2.75) is 26.4 Å². The van der Waals surface area contributed by atoms with Crippen molar-refractivity contribution in [2.24, 2.45) is 0 Å². The Kier molecular flexibility index (Phi) is 4.47. The molecule has 0 amide bonds. The number of hydrogen-bond donors (Lipinski definition) is 2. The van der Waals surface area contributed by atoms with E-state index in [1.807, 2.05) is 31.2 Å². The molecule has 0 aliphatic rings. The van der Waals surface area contributed by atoms with Crippen molar-refractivity contribution in [3.05, 3.63) is 58.0 Å². The van der Waals surface area contributed by atoms with Gasteiger partial charge in [-0.3, -0.25) is 0 Å². The highest BCUT2D eigenvalue weighted by molar-refractivity contribution is 6.30. The van der Waals surface area contributed by atoms with E-state index in [9.17, 15) is 4.79 Å². The van der Waals surface area contributed by atoms with Crippen LogP contribution in [0.15, 0.2) is 34.7 Å². The molecule has 1 heterocycles. The summed E-state index contributed by atoms with van der Waals surface area (Å²) in [5.74, 6) is 0.0670. The lowest BCUT2D eigenvalue weighted by atomic mass is 10.1. The molecule has 4 nitrogen and oxygen atoms in total. The molecular formula is C15H16ClNO3. The lowest BCUT2D eigenvalue weighted by Crippen LogP contribution is -2.17. The van der Waals surface area contributed by atoms with Crippen LogP contribution < -0.4 is 5.32 Å². The van der Waals surface area contributed by atoms with Gasteiger partial charge in [-0.25, -0.2) is 4.79 Å². The van der Waals surface area contributed by atoms with E-state index in [1.165, 1.54) is 0 Å². The molecule has 1 atom stereocenters. The van der Waals surface area contributed by atoms with Crippen LogP contribution in [0.2, 0.25) is 5.02 Å². The number of benzene rings is 1. The van der Waals surface area contributed by atoms with Gasteiger partial charge in [-0.2, -0.15) is 0 Å². The van der Waals surface area contributed by atoms with E-state index in [2.05, 4.69) is 5.32 Å². The van der Waals surface area contributed by atoms with Gasteiger partial charge in [-0.1, -0.05) is 23.7 Å². The SMILES string of the molecule is Cc1oc(CN[C@@H](C)c2ccc(Cl)cc2)cc1C(=O)O. The Morgan fingerprint density at radius 2 is 2.05 bits per heavy atom. The molecule has 0 spiro atoms. The highest BCUT2D eigenvalue weighted by atomic mass is 35.5. The molecule has 0 aliphatic carbocycles. The highest BCUT2D eigenvalue weighted by Crippen LogP contribution is 2.18. The number of carboxylic acids is 1. The fourth-order valence-corrected chi connectivity index (χ4v) is 2.09. The average Bonchev–Trinajstić information content (AvgIpc) is 2.78. The third-order valence-electron chi connectivity index (χ3n) is 3.15. The maximum atomic E-state index is 10.9. The molecule has 0 fully saturated rings. The second-order valence-electron chi connectivity index (χ2n) is 4.64. The Morgan fingerprint density at radius 1 is 1.40 bits per heavy atom. The van der Waals surface area contributed by atoms with Crippen LogP contribution >= 0.6 is 11.6 Å². The predicted octanol–water partition coefficient (Wildman–Crippen LogP) is 3.79. The second-order valence-corrected chi connectivity index (χ2v) is 5.08. The van der Waals surface area contributed by atoms with E-state index < -0.39 is 5.97 Å². The first-order valence-corrected chi connectivity index (χ1v) is 6.66. The lowest BCUT2D eigenvalue weighted by molar-refractivity contribution is 0.0695. The lowest BCUT2D eigenvalue weighted by Gasteiger charge is -2.13. The molecule has 0 radical (unpaired) electrons. The molecule has 0 saturated carbocycles. The molecule has 2 aromatic rings. The van der Waals surface area contributed by atoms with Crippen molar-refractivity contribution < 1.29 is 14.3 Å². The van der Waals surface area contributed by atoms with Gasteiger partial charge in [0.1, 0.15) is 17.1 Å². The van der Waals surface area contributed by atoms with Crippen molar-refractivity contribution in [1.82, 2.24) is 5.32 Å².